The average Bonchev–Trinajstić information content (AvgIpc) is 2.43. The van der Waals surface area contributed by atoms with Gasteiger partial charge < -0.3 is 0 Å². The van der Waals surface area contributed by atoms with Crippen LogP contribution in [0.5, 0.6) is 0 Å². The zero-order chi connectivity index (χ0) is 14.1. The lowest BCUT2D eigenvalue weighted by Gasteiger charge is -2.28. The summed E-state index contributed by atoms with van der Waals surface area (Å²) in [6.45, 7) is 7.31. The van der Waals surface area contributed by atoms with E-state index < -0.39 is 5.54 Å². The van der Waals surface area contributed by atoms with Gasteiger partial charge in [0.15, 0.2) is 0 Å². The second-order valence-electron chi connectivity index (χ2n) is 5.13. The van der Waals surface area contributed by atoms with Gasteiger partial charge in [-0.1, -0.05) is 51.1 Å². The molecule has 2 nitrogen and oxygen atoms in total. The summed E-state index contributed by atoms with van der Waals surface area (Å²) < 4.78 is 0. The van der Waals surface area contributed by atoms with Crippen LogP contribution in [0.25, 0.3) is 0 Å². The topological polar surface area (TPSA) is 35.8 Å². The largest absolute Gasteiger partial charge is 0.296 e. The fourth-order valence-electron chi connectivity index (χ4n) is 2.06. The van der Waals surface area contributed by atoms with Gasteiger partial charge in [-0.25, -0.2) is 0 Å². The number of rotatable bonds is 8. The van der Waals surface area contributed by atoms with Gasteiger partial charge in [-0.15, -0.1) is 0 Å². The van der Waals surface area contributed by atoms with Crippen LogP contribution in [0.3, 0.4) is 0 Å². The molecule has 0 spiro atoms. The van der Waals surface area contributed by atoms with Gasteiger partial charge in [-0.2, -0.15) is 17.0 Å². The zero-order valence-electron chi connectivity index (χ0n) is 12.1. The molecule has 0 fully saturated rings. The predicted molar refractivity (Wildman–Crippen MR) is 84.2 cm³/mol. The van der Waals surface area contributed by atoms with E-state index in [0.29, 0.717) is 5.92 Å². The summed E-state index contributed by atoms with van der Waals surface area (Å²) in [6, 6.07) is 12.6. The number of hydrogen-bond donors (Lipinski definition) is 1. The Kier molecular flexibility index (Phi) is 6.97. The maximum atomic E-state index is 9.65. The number of thioether (sulfide) groups is 1. The molecule has 0 aliphatic carbocycles. The molecule has 19 heavy (non-hydrogen) atoms. The van der Waals surface area contributed by atoms with Crippen LogP contribution in [0, 0.1) is 17.2 Å². The normalized spacial score (nSPS) is 14.1. The third kappa shape index (κ3) is 4.89. The van der Waals surface area contributed by atoms with E-state index in [1.165, 1.54) is 0 Å². The van der Waals surface area contributed by atoms with E-state index in [4.69, 9.17) is 0 Å². The summed E-state index contributed by atoms with van der Waals surface area (Å²) in [4.78, 5) is 0. The van der Waals surface area contributed by atoms with E-state index in [9.17, 15) is 5.26 Å². The molecule has 1 aromatic carbocycles. The summed E-state index contributed by atoms with van der Waals surface area (Å²) in [5, 5.41) is 13.0. The van der Waals surface area contributed by atoms with Crippen molar-refractivity contribution in [2.75, 3.05) is 18.1 Å². The van der Waals surface area contributed by atoms with Gasteiger partial charge in [0.1, 0.15) is 5.54 Å². The van der Waals surface area contributed by atoms with Crippen LogP contribution in [0.4, 0.5) is 0 Å². The molecule has 0 aliphatic rings. The Morgan fingerprint density at radius 3 is 2.53 bits per heavy atom. The first-order chi connectivity index (χ1) is 9.14. The van der Waals surface area contributed by atoms with Crippen molar-refractivity contribution in [3.63, 3.8) is 0 Å². The molecule has 0 radical (unpaired) electrons. The molecule has 1 rings (SSSR count). The Labute approximate surface area is 121 Å². The van der Waals surface area contributed by atoms with Crippen molar-refractivity contribution in [3.05, 3.63) is 35.9 Å². The minimum atomic E-state index is -0.542. The van der Waals surface area contributed by atoms with Crippen LogP contribution in [0.15, 0.2) is 30.3 Å². The molecular formula is C16H24N2S. The van der Waals surface area contributed by atoms with E-state index in [-0.39, 0.29) is 0 Å². The number of hydrogen-bond acceptors (Lipinski definition) is 3. The van der Waals surface area contributed by atoms with Gasteiger partial charge in [0.25, 0.3) is 0 Å². The van der Waals surface area contributed by atoms with Crippen molar-refractivity contribution in [2.24, 2.45) is 5.92 Å². The van der Waals surface area contributed by atoms with Crippen molar-refractivity contribution in [3.8, 4) is 6.07 Å². The third-order valence-electron chi connectivity index (χ3n) is 3.01. The first kappa shape index (κ1) is 16.1. The summed E-state index contributed by atoms with van der Waals surface area (Å²) in [5.74, 6) is 2.87. The van der Waals surface area contributed by atoms with Crippen molar-refractivity contribution in [2.45, 2.75) is 32.7 Å². The van der Waals surface area contributed by atoms with E-state index in [2.05, 4.69) is 32.2 Å². The van der Waals surface area contributed by atoms with E-state index in [0.717, 1.165) is 30.0 Å². The maximum absolute atomic E-state index is 9.65. The standard InChI is InChI=1S/C16H24N2S/c1-4-18-16(13-17,10-11-19-12-14(2)3)15-8-6-5-7-9-15/h5-9,14,18H,4,10-12H2,1-3H3. The summed E-state index contributed by atoms with van der Waals surface area (Å²) in [5.41, 5.74) is 0.532. The van der Waals surface area contributed by atoms with Crippen molar-refractivity contribution >= 4 is 11.8 Å². The number of benzene rings is 1. The molecule has 104 valence electrons. The van der Waals surface area contributed by atoms with E-state index in [1.54, 1.807) is 0 Å². The minimum absolute atomic E-state index is 0.542. The summed E-state index contributed by atoms with van der Waals surface area (Å²) in [7, 11) is 0. The Morgan fingerprint density at radius 1 is 1.32 bits per heavy atom. The third-order valence-corrected chi connectivity index (χ3v) is 4.40. The number of nitrogens with one attached hydrogen (secondary N) is 1. The zero-order valence-corrected chi connectivity index (χ0v) is 13.0. The molecular weight excluding hydrogens is 252 g/mol. The van der Waals surface area contributed by atoms with Crippen LogP contribution >= 0.6 is 11.8 Å². The van der Waals surface area contributed by atoms with Gasteiger partial charge in [-0.3, -0.25) is 5.32 Å². The Balaban J connectivity index is 2.74. The lowest BCUT2D eigenvalue weighted by atomic mass is 9.88. The lowest BCUT2D eigenvalue weighted by molar-refractivity contribution is 0.428. The van der Waals surface area contributed by atoms with Gasteiger partial charge in [0.2, 0.25) is 0 Å². The molecule has 0 aliphatic heterocycles. The highest BCUT2D eigenvalue weighted by Gasteiger charge is 2.30. The number of nitriles is 1. The molecule has 0 saturated heterocycles. The molecule has 0 bridgehead atoms. The smallest absolute Gasteiger partial charge is 0.133 e. The van der Waals surface area contributed by atoms with Gasteiger partial charge in [0.05, 0.1) is 6.07 Å². The lowest BCUT2D eigenvalue weighted by Crippen LogP contribution is -2.41. The quantitative estimate of drug-likeness (QED) is 0.734. The average molecular weight is 276 g/mol. The molecule has 3 heteroatoms. The van der Waals surface area contributed by atoms with Crippen molar-refractivity contribution in [1.29, 1.82) is 5.26 Å². The summed E-state index contributed by atoms with van der Waals surface area (Å²) >= 11 is 1.93. The second kappa shape index (κ2) is 8.24. The van der Waals surface area contributed by atoms with Crippen molar-refractivity contribution in [1.82, 2.24) is 5.32 Å². The molecule has 1 N–H and O–H groups in total. The van der Waals surface area contributed by atoms with Crippen LogP contribution in [0.1, 0.15) is 32.8 Å². The van der Waals surface area contributed by atoms with E-state index in [1.807, 2.05) is 42.1 Å². The Bertz CT molecular complexity index is 397. The van der Waals surface area contributed by atoms with Gasteiger partial charge >= 0.3 is 0 Å². The molecule has 1 aromatic rings. The SMILES string of the molecule is CCNC(C#N)(CCSCC(C)C)c1ccccc1. The van der Waals surface area contributed by atoms with Crippen LogP contribution < -0.4 is 5.32 Å². The molecule has 1 atom stereocenters. The fraction of sp³-hybridized carbons (Fsp3) is 0.562. The monoisotopic (exact) mass is 276 g/mol. The first-order valence-electron chi connectivity index (χ1n) is 6.94. The van der Waals surface area contributed by atoms with Crippen LogP contribution in [-0.2, 0) is 5.54 Å². The maximum Gasteiger partial charge on any atom is 0.133 e. The number of nitrogens with zero attached hydrogens (tertiary/aromatic N) is 1. The molecule has 0 saturated carbocycles. The highest BCUT2D eigenvalue weighted by Crippen LogP contribution is 2.26. The second-order valence-corrected chi connectivity index (χ2v) is 6.28. The highest BCUT2D eigenvalue weighted by atomic mass is 32.2. The van der Waals surface area contributed by atoms with Crippen LogP contribution in [-0.4, -0.2) is 18.1 Å². The molecule has 0 amide bonds. The molecule has 0 heterocycles. The van der Waals surface area contributed by atoms with Gasteiger partial charge in [0, 0.05) is 0 Å². The molecule has 1 unspecified atom stereocenters. The predicted octanol–water partition coefficient (Wildman–Crippen LogP) is 3.79. The van der Waals surface area contributed by atoms with Crippen LogP contribution in [0.2, 0.25) is 0 Å². The fourth-order valence-corrected chi connectivity index (χ4v) is 3.15. The highest BCUT2D eigenvalue weighted by molar-refractivity contribution is 7.99. The Morgan fingerprint density at radius 2 is 2.00 bits per heavy atom. The van der Waals surface area contributed by atoms with Crippen molar-refractivity contribution < 1.29 is 0 Å². The minimum Gasteiger partial charge on any atom is -0.296 e. The summed E-state index contributed by atoms with van der Waals surface area (Å²) in [6.07, 6.45) is 0.846. The first-order valence-corrected chi connectivity index (χ1v) is 8.09. The van der Waals surface area contributed by atoms with Gasteiger partial charge in [-0.05, 0) is 36.0 Å². The Hall–Kier alpha value is -0.980. The molecule has 0 aromatic heterocycles. The van der Waals surface area contributed by atoms with E-state index >= 15 is 0 Å².